The SMILES string of the molecule is CN=C(NCCc1ccc(C(C)(C)C)cc1)NCCc1ccc(S(N)(=O)=O)cc1. The van der Waals surface area contributed by atoms with E-state index in [0.29, 0.717) is 6.54 Å². The molecule has 0 saturated heterocycles. The fourth-order valence-electron chi connectivity index (χ4n) is 2.89. The first-order chi connectivity index (χ1) is 13.6. The summed E-state index contributed by atoms with van der Waals surface area (Å²) in [5.41, 5.74) is 3.82. The van der Waals surface area contributed by atoms with Crippen molar-refractivity contribution in [2.75, 3.05) is 20.1 Å². The van der Waals surface area contributed by atoms with E-state index in [1.165, 1.54) is 23.3 Å². The summed E-state index contributed by atoms with van der Waals surface area (Å²) >= 11 is 0. The van der Waals surface area contributed by atoms with Gasteiger partial charge in [0.1, 0.15) is 0 Å². The van der Waals surface area contributed by atoms with Crippen molar-refractivity contribution in [1.29, 1.82) is 0 Å². The van der Waals surface area contributed by atoms with E-state index in [-0.39, 0.29) is 10.3 Å². The Morgan fingerprint density at radius 1 is 0.897 bits per heavy atom. The van der Waals surface area contributed by atoms with Crippen molar-refractivity contribution in [3.05, 3.63) is 65.2 Å². The lowest BCUT2D eigenvalue weighted by Gasteiger charge is -2.19. The number of nitrogens with one attached hydrogen (secondary N) is 2. The number of hydrogen-bond donors (Lipinski definition) is 3. The molecule has 0 bridgehead atoms. The summed E-state index contributed by atoms with van der Waals surface area (Å²) in [5, 5.41) is 11.7. The van der Waals surface area contributed by atoms with Gasteiger partial charge in [-0.05, 0) is 47.1 Å². The normalized spacial score (nSPS) is 12.7. The van der Waals surface area contributed by atoms with Crippen LogP contribution < -0.4 is 15.8 Å². The van der Waals surface area contributed by atoms with E-state index in [9.17, 15) is 8.42 Å². The molecule has 0 aliphatic rings. The van der Waals surface area contributed by atoms with Crippen molar-refractivity contribution in [3.8, 4) is 0 Å². The molecule has 0 spiro atoms. The molecule has 0 saturated carbocycles. The van der Waals surface area contributed by atoms with Gasteiger partial charge in [0.15, 0.2) is 5.96 Å². The lowest BCUT2D eigenvalue weighted by molar-refractivity contribution is 0.590. The largest absolute Gasteiger partial charge is 0.356 e. The molecule has 29 heavy (non-hydrogen) atoms. The molecule has 0 radical (unpaired) electrons. The zero-order valence-electron chi connectivity index (χ0n) is 17.7. The van der Waals surface area contributed by atoms with Crippen molar-refractivity contribution in [1.82, 2.24) is 10.6 Å². The van der Waals surface area contributed by atoms with E-state index in [0.717, 1.165) is 30.9 Å². The molecule has 0 unspecified atom stereocenters. The molecule has 0 amide bonds. The molecular weight excluding hydrogens is 384 g/mol. The lowest BCUT2D eigenvalue weighted by Crippen LogP contribution is -2.39. The minimum absolute atomic E-state index is 0.127. The third-order valence-electron chi connectivity index (χ3n) is 4.71. The van der Waals surface area contributed by atoms with Gasteiger partial charge in [-0.15, -0.1) is 0 Å². The molecule has 0 heterocycles. The average Bonchev–Trinajstić information content (AvgIpc) is 2.66. The van der Waals surface area contributed by atoms with Gasteiger partial charge in [-0.1, -0.05) is 57.2 Å². The Balaban J connectivity index is 1.75. The average molecular weight is 417 g/mol. The Morgan fingerprint density at radius 2 is 1.34 bits per heavy atom. The number of nitrogens with two attached hydrogens (primary N) is 1. The summed E-state index contributed by atoms with van der Waals surface area (Å²) in [7, 11) is -1.90. The van der Waals surface area contributed by atoms with E-state index in [4.69, 9.17) is 5.14 Å². The Kier molecular flexibility index (Phi) is 7.81. The van der Waals surface area contributed by atoms with Crippen LogP contribution in [0.4, 0.5) is 0 Å². The third kappa shape index (κ3) is 7.51. The molecule has 0 aromatic heterocycles. The van der Waals surface area contributed by atoms with Crippen molar-refractivity contribution in [3.63, 3.8) is 0 Å². The monoisotopic (exact) mass is 416 g/mol. The minimum atomic E-state index is -3.65. The van der Waals surface area contributed by atoms with Crippen LogP contribution in [-0.4, -0.2) is 34.5 Å². The molecule has 2 aromatic carbocycles. The van der Waals surface area contributed by atoms with Gasteiger partial charge in [0, 0.05) is 20.1 Å². The van der Waals surface area contributed by atoms with E-state index >= 15 is 0 Å². The second kappa shape index (κ2) is 9.89. The van der Waals surface area contributed by atoms with Crippen molar-refractivity contribution in [2.45, 2.75) is 43.9 Å². The number of primary sulfonamides is 1. The lowest BCUT2D eigenvalue weighted by atomic mass is 9.86. The smallest absolute Gasteiger partial charge is 0.238 e. The maximum Gasteiger partial charge on any atom is 0.238 e. The number of sulfonamides is 1. The van der Waals surface area contributed by atoms with Crippen LogP contribution in [0.5, 0.6) is 0 Å². The number of benzene rings is 2. The first-order valence-electron chi connectivity index (χ1n) is 9.75. The van der Waals surface area contributed by atoms with E-state index in [2.05, 4.69) is 60.7 Å². The molecule has 0 aliphatic heterocycles. The van der Waals surface area contributed by atoms with Gasteiger partial charge in [0.05, 0.1) is 4.90 Å². The summed E-state index contributed by atoms with van der Waals surface area (Å²) in [5.74, 6) is 0.748. The van der Waals surface area contributed by atoms with Crippen LogP contribution in [0.2, 0.25) is 0 Å². The van der Waals surface area contributed by atoms with Crippen LogP contribution in [0.25, 0.3) is 0 Å². The van der Waals surface area contributed by atoms with Crippen molar-refractivity contribution in [2.24, 2.45) is 10.1 Å². The van der Waals surface area contributed by atoms with Crippen LogP contribution in [0.15, 0.2) is 58.4 Å². The van der Waals surface area contributed by atoms with E-state index < -0.39 is 10.0 Å². The van der Waals surface area contributed by atoms with Crippen LogP contribution in [-0.2, 0) is 28.3 Å². The van der Waals surface area contributed by atoms with Crippen LogP contribution in [0, 0.1) is 0 Å². The molecule has 0 aliphatic carbocycles. The zero-order valence-corrected chi connectivity index (χ0v) is 18.5. The summed E-state index contributed by atoms with van der Waals surface area (Å²) in [6.07, 6.45) is 1.67. The second-order valence-corrected chi connectivity index (χ2v) is 9.62. The minimum Gasteiger partial charge on any atom is -0.356 e. The number of aliphatic imine (C=N–C) groups is 1. The van der Waals surface area contributed by atoms with Gasteiger partial charge < -0.3 is 10.6 Å². The molecule has 4 N–H and O–H groups in total. The van der Waals surface area contributed by atoms with Gasteiger partial charge in [-0.3, -0.25) is 4.99 Å². The predicted octanol–water partition coefficient (Wildman–Crippen LogP) is 2.58. The highest BCUT2D eigenvalue weighted by Gasteiger charge is 2.12. The van der Waals surface area contributed by atoms with Crippen LogP contribution in [0.3, 0.4) is 0 Å². The van der Waals surface area contributed by atoms with E-state index in [1.54, 1.807) is 19.2 Å². The van der Waals surface area contributed by atoms with E-state index in [1.807, 2.05) is 0 Å². The number of nitrogens with zero attached hydrogens (tertiary/aromatic N) is 1. The Morgan fingerprint density at radius 3 is 1.72 bits per heavy atom. The fourth-order valence-corrected chi connectivity index (χ4v) is 3.40. The molecule has 2 aromatic rings. The molecule has 6 nitrogen and oxygen atoms in total. The van der Waals surface area contributed by atoms with Gasteiger partial charge in [-0.25, -0.2) is 13.6 Å². The Bertz CT molecular complexity index is 913. The van der Waals surface area contributed by atoms with Gasteiger partial charge >= 0.3 is 0 Å². The van der Waals surface area contributed by atoms with Crippen molar-refractivity contribution >= 4 is 16.0 Å². The van der Waals surface area contributed by atoms with Crippen LogP contribution in [0.1, 0.15) is 37.5 Å². The Labute approximate surface area is 174 Å². The second-order valence-electron chi connectivity index (χ2n) is 8.06. The molecular formula is C22H32N4O2S. The number of rotatable bonds is 7. The highest BCUT2D eigenvalue weighted by molar-refractivity contribution is 7.89. The van der Waals surface area contributed by atoms with Gasteiger partial charge in [0.25, 0.3) is 0 Å². The van der Waals surface area contributed by atoms with Gasteiger partial charge in [-0.2, -0.15) is 0 Å². The van der Waals surface area contributed by atoms with Gasteiger partial charge in [0.2, 0.25) is 10.0 Å². The highest BCUT2D eigenvalue weighted by Crippen LogP contribution is 2.22. The number of guanidine groups is 1. The van der Waals surface area contributed by atoms with Crippen molar-refractivity contribution < 1.29 is 8.42 Å². The molecule has 2 rings (SSSR count). The summed E-state index contributed by atoms with van der Waals surface area (Å²) in [6.45, 7) is 8.13. The standard InChI is InChI=1S/C22H32N4O2S/c1-22(2,3)19-9-5-17(6-10-19)13-15-25-21(24-4)26-16-14-18-7-11-20(12-8-18)29(23,27)28/h5-12H,13-16H2,1-4H3,(H2,23,27,28)(H2,24,25,26). The maximum atomic E-state index is 11.3. The summed E-state index contributed by atoms with van der Waals surface area (Å²) < 4.78 is 22.6. The topological polar surface area (TPSA) is 96.6 Å². The maximum absolute atomic E-state index is 11.3. The molecule has 7 heteroatoms. The van der Waals surface area contributed by atoms with Crippen LogP contribution >= 0.6 is 0 Å². The Hall–Kier alpha value is -2.38. The first kappa shape index (κ1) is 22.9. The molecule has 158 valence electrons. The highest BCUT2D eigenvalue weighted by atomic mass is 32.2. The summed E-state index contributed by atoms with van der Waals surface area (Å²) in [4.78, 5) is 4.37. The molecule has 0 fully saturated rings. The molecule has 0 atom stereocenters. The zero-order chi connectivity index (χ0) is 21.5. The number of hydrogen-bond acceptors (Lipinski definition) is 3. The fraction of sp³-hybridized carbons (Fsp3) is 0.409. The third-order valence-corrected chi connectivity index (χ3v) is 5.64. The summed E-state index contributed by atoms with van der Waals surface area (Å²) in [6, 6.07) is 15.4. The quantitative estimate of drug-likeness (QED) is 0.477. The first-order valence-corrected chi connectivity index (χ1v) is 11.3. The predicted molar refractivity (Wildman–Crippen MR) is 120 cm³/mol.